The molecule has 0 aromatic carbocycles. The van der Waals surface area contributed by atoms with Crippen LogP contribution >= 0.6 is 0 Å². The second-order valence-corrected chi connectivity index (χ2v) is 5.78. The van der Waals surface area contributed by atoms with Gasteiger partial charge in [0.05, 0.1) is 12.5 Å². The van der Waals surface area contributed by atoms with Crippen LogP contribution in [0.1, 0.15) is 45.4 Å². The predicted octanol–water partition coefficient (Wildman–Crippen LogP) is 2.04. The Labute approximate surface area is 117 Å². The molecule has 0 aromatic rings. The highest BCUT2D eigenvalue weighted by molar-refractivity contribution is 5.72. The number of carbonyl (C=O) groups excluding carboxylic acids is 1. The van der Waals surface area contributed by atoms with Crippen LogP contribution in [-0.4, -0.2) is 50.7 Å². The van der Waals surface area contributed by atoms with Crippen molar-refractivity contribution in [1.29, 1.82) is 0 Å². The Kier molecular flexibility index (Phi) is 8.07. The summed E-state index contributed by atoms with van der Waals surface area (Å²) in [4.78, 5) is 14.0. The molecule has 0 amide bonds. The van der Waals surface area contributed by atoms with E-state index < -0.39 is 0 Å². The lowest BCUT2D eigenvalue weighted by Crippen LogP contribution is -2.37. The van der Waals surface area contributed by atoms with Crippen molar-refractivity contribution in [2.75, 3.05) is 33.8 Å². The van der Waals surface area contributed by atoms with E-state index >= 15 is 0 Å². The lowest BCUT2D eigenvalue weighted by atomic mass is 9.85. The van der Waals surface area contributed by atoms with Crippen molar-refractivity contribution in [1.82, 2.24) is 10.2 Å². The Morgan fingerprint density at radius 2 is 2.11 bits per heavy atom. The summed E-state index contributed by atoms with van der Waals surface area (Å²) < 4.78 is 5.13. The van der Waals surface area contributed by atoms with E-state index in [1.807, 2.05) is 6.92 Å². The average molecular weight is 270 g/mol. The van der Waals surface area contributed by atoms with Crippen molar-refractivity contribution in [3.05, 3.63) is 0 Å². The molecule has 0 spiro atoms. The minimum absolute atomic E-state index is 0.00149. The third kappa shape index (κ3) is 6.92. The van der Waals surface area contributed by atoms with Gasteiger partial charge in [-0.25, -0.2) is 0 Å². The Balaban J connectivity index is 2.14. The molecule has 0 aliphatic heterocycles. The number of hydrogen-bond acceptors (Lipinski definition) is 4. The molecule has 19 heavy (non-hydrogen) atoms. The second-order valence-electron chi connectivity index (χ2n) is 5.78. The van der Waals surface area contributed by atoms with Crippen molar-refractivity contribution >= 4 is 5.97 Å². The van der Waals surface area contributed by atoms with Gasteiger partial charge in [0.1, 0.15) is 0 Å². The molecular formula is C15H30N2O2. The van der Waals surface area contributed by atoms with E-state index in [1.165, 1.54) is 19.3 Å². The molecule has 1 aliphatic carbocycles. The van der Waals surface area contributed by atoms with Crippen molar-refractivity contribution in [2.24, 2.45) is 5.92 Å². The van der Waals surface area contributed by atoms with Crippen molar-refractivity contribution < 1.29 is 9.53 Å². The molecule has 1 aliphatic rings. The summed E-state index contributed by atoms with van der Waals surface area (Å²) in [6.45, 7) is 4.59. The summed E-state index contributed by atoms with van der Waals surface area (Å²) in [6.07, 6.45) is 6.72. The monoisotopic (exact) mass is 270 g/mol. The van der Waals surface area contributed by atoms with Gasteiger partial charge in [0, 0.05) is 6.04 Å². The van der Waals surface area contributed by atoms with E-state index in [0.29, 0.717) is 12.6 Å². The zero-order valence-corrected chi connectivity index (χ0v) is 12.8. The van der Waals surface area contributed by atoms with E-state index in [1.54, 1.807) is 0 Å². The van der Waals surface area contributed by atoms with Crippen LogP contribution in [0, 0.1) is 5.92 Å². The third-order valence-electron chi connectivity index (χ3n) is 3.76. The summed E-state index contributed by atoms with van der Waals surface area (Å²) in [5.74, 6) is 0.120. The van der Waals surface area contributed by atoms with Crippen molar-refractivity contribution in [3.63, 3.8) is 0 Å². The Morgan fingerprint density at radius 3 is 2.79 bits per heavy atom. The Hall–Kier alpha value is -0.610. The summed E-state index contributed by atoms with van der Waals surface area (Å²) in [7, 11) is 4.22. The van der Waals surface area contributed by atoms with Crippen LogP contribution < -0.4 is 5.32 Å². The first kappa shape index (κ1) is 16.4. The smallest absolute Gasteiger partial charge is 0.308 e. The quantitative estimate of drug-likeness (QED) is 0.541. The molecule has 2 unspecified atom stereocenters. The van der Waals surface area contributed by atoms with Gasteiger partial charge in [0.25, 0.3) is 0 Å². The minimum atomic E-state index is 0.00149. The molecule has 1 fully saturated rings. The number of unbranched alkanes of at least 4 members (excludes halogenated alkanes) is 1. The fourth-order valence-corrected chi connectivity index (χ4v) is 2.71. The number of hydrogen-bond donors (Lipinski definition) is 1. The van der Waals surface area contributed by atoms with Gasteiger partial charge in [-0.1, -0.05) is 6.42 Å². The largest absolute Gasteiger partial charge is 0.466 e. The van der Waals surface area contributed by atoms with Crippen LogP contribution in [0.15, 0.2) is 0 Å². The van der Waals surface area contributed by atoms with Gasteiger partial charge in [-0.2, -0.15) is 0 Å². The van der Waals surface area contributed by atoms with Crippen molar-refractivity contribution in [2.45, 2.75) is 51.5 Å². The molecule has 1 saturated carbocycles. The van der Waals surface area contributed by atoms with Gasteiger partial charge in [-0.05, 0) is 66.2 Å². The number of esters is 1. The van der Waals surface area contributed by atoms with E-state index in [2.05, 4.69) is 24.3 Å². The van der Waals surface area contributed by atoms with Crippen LogP contribution in [-0.2, 0) is 9.53 Å². The molecule has 2 atom stereocenters. The molecule has 1 rings (SSSR count). The molecule has 112 valence electrons. The van der Waals surface area contributed by atoms with Crippen molar-refractivity contribution in [3.8, 4) is 0 Å². The topological polar surface area (TPSA) is 41.6 Å². The lowest BCUT2D eigenvalue weighted by molar-refractivity contribution is -0.149. The van der Waals surface area contributed by atoms with Crippen LogP contribution in [0.2, 0.25) is 0 Å². The molecule has 0 heterocycles. The lowest BCUT2D eigenvalue weighted by Gasteiger charge is -2.28. The highest BCUT2D eigenvalue weighted by atomic mass is 16.5. The maximum absolute atomic E-state index is 11.7. The predicted molar refractivity (Wildman–Crippen MR) is 78.2 cm³/mol. The van der Waals surface area contributed by atoms with Gasteiger partial charge >= 0.3 is 5.97 Å². The molecule has 0 bridgehead atoms. The molecule has 4 heteroatoms. The molecule has 1 N–H and O–H groups in total. The SMILES string of the molecule is CCOC(=O)C1CCCC(NCCCCN(C)C)C1. The van der Waals surface area contributed by atoms with E-state index in [-0.39, 0.29) is 11.9 Å². The van der Waals surface area contributed by atoms with Crippen LogP contribution in [0.5, 0.6) is 0 Å². The molecule has 4 nitrogen and oxygen atoms in total. The third-order valence-corrected chi connectivity index (χ3v) is 3.76. The van der Waals surface area contributed by atoms with E-state index in [0.717, 1.165) is 32.4 Å². The Morgan fingerprint density at radius 1 is 1.32 bits per heavy atom. The fourth-order valence-electron chi connectivity index (χ4n) is 2.71. The maximum atomic E-state index is 11.7. The normalized spacial score (nSPS) is 23.6. The highest BCUT2D eigenvalue weighted by Gasteiger charge is 2.27. The number of nitrogens with zero attached hydrogens (tertiary/aromatic N) is 1. The van der Waals surface area contributed by atoms with Crippen LogP contribution in [0.4, 0.5) is 0 Å². The van der Waals surface area contributed by atoms with Gasteiger partial charge < -0.3 is 15.0 Å². The van der Waals surface area contributed by atoms with E-state index in [4.69, 9.17) is 4.74 Å². The first-order valence-electron chi connectivity index (χ1n) is 7.68. The zero-order chi connectivity index (χ0) is 14.1. The number of ether oxygens (including phenoxy) is 1. The highest BCUT2D eigenvalue weighted by Crippen LogP contribution is 2.25. The first-order chi connectivity index (χ1) is 9.13. The standard InChI is InChI=1S/C15H30N2O2/c1-4-19-15(18)13-8-7-9-14(12-13)16-10-5-6-11-17(2)3/h13-14,16H,4-12H2,1-3H3. The molecule has 0 radical (unpaired) electrons. The number of rotatable bonds is 8. The Bertz CT molecular complexity index is 257. The maximum Gasteiger partial charge on any atom is 0.308 e. The molecule has 0 saturated heterocycles. The summed E-state index contributed by atoms with van der Waals surface area (Å²) in [5, 5.41) is 3.60. The first-order valence-corrected chi connectivity index (χ1v) is 7.68. The minimum Gasteiger partial charge on any atom is -0.466 e. The van der Waals surface area contributed by atoms with Crippen LogP contribution in [0.3, 0.4) is 0 Å². The van der Waals surface area contributed by atoms with Gasteiger partial charge in [0.15, 0.2) is 0 Å². The number of carbonyl (C=O) groups is 1. The van der Waals surface area contributed by atoms with Crippen LogP contribution in [0.25, 0.3) is 0 Å². The van der Waals surface area contributed by atoms with Gasteiger partial charge in [-0.3, -0.25) is 4.79 Å². The van der Waals surface area contributed by atoms with Gasteiger partial charge in [-0.15, -0.1) is 0 Å². The second kappa shape index (κ2) is 9.32. The average Bonchev–Trinajstić information content (AvgIpc) is 2.38. The summed E-state index contributed by atoms with van der Waals surface area (Å²) in [5.41, 5.74) is 0. The summed E-state index contributed by atoms with van der Waals surface area (Å²) in [6, 6.07) is 0.502. The van der Waals surface area contributed by atoms with Gasteiger partial charge in [0.2, 0.25) is 0 Å². The number of nitrogens with one attached hydrogen (secondary N) is 1. The zero-order valence-electron chi connectivity index (χ0n) is 12.8. The van der Waals surface area contributed by atoms with E-state index in [9.17, 15) is 4.79 Å². The summed E-state index contributed by atoms with van der Waals surface area (Å²) >= 11 is 0. The molecule has 0 aromatic heterocycles. The molecular weight excluding hydrogens is 240 g/mol. The fraction of sp³-hybridized carbons (Fsp3) is 0.933.